The summed E-state index contributed by atoms with van der Waals surface area (Å²) in [5.41, 5.74) is 0.869. The number of hydrogen-bond acceptors (Lipinski definition) is 3. The highest BCUT2D eigenvalue weighted by Crippen LogP contribution is 2.37. The SMILES string of the molecule is CNC(c1cccc(Cl)c1Cl)C1CCS(=O)(=O)C1. The van der Waals surface area contributed by atoms with Gasteiger partial charge in [0.15, 0.2) is 9.84 Å². The quantitative estimate of drug-likeness (QED) is 0.934. The zero-order valence-corrected chi connectivity index (χ0v) is 12.3. The molecule has 2 unspecified atom stereocenters. The predicted octanol–water partition coefficient (Wildman–Crippen LogP) is 2.69. The van der Waals surface area contributed by atoms with Crippen molar-refractivity contribution in [3.8, 4) is 0 Å². The Morgan fingerprint density at radius 2 is 2.11 bits per heavy atom. The molecule has 0 bridgehead atoms. The second-order valence-corrected chi connectivity index (χ2v) is 7.59. The van der Waals surface area contributed by atoms with E-state index < -0.39 is 9.84 Å². The minimum absolute atomic E-state index is 0.0518. The molecule has 0 saturated carbocycles. The number of halogens is 2. The van der Waals surface area contributed by atoms with E-state index in [-0.39, 0.29) is 23.5 Å². The molecule has 1 aliphatic heterocycles. The number of sulfone groups is 1. The second kappa shape index (κ2) is 5.37. The van der Waals surface area contributed by atoms with Crippen LogP contribution in [0.4, 0.5) is 0 Å². The smallest absolute Gasteiger partial charge is 0.150 e. The molecular weight excluding hydrogens is 293 g/mol. The fourth-order valence-corrected chi connectivity index (χ4v) is 4.76. The minimum Gasteiger partial charge on any atom is -0.313 e. The van der Waals surface area contributed by atoms with Crippen molar-refractivity contribution in [3.05, 3.63) is 33.8 Å². The molecule has 1 heterocycles. The Bertz CT molecular complexity index is 545. The van der Waals surface area contributed by atoms with E-state index in [0.717, 1.165) is 5.56 Å². The van der Waals surface area contributed by atoms with Crippen LogP contribution < -0.4 is 5.32 Å². The highest BCUT2D eigenvalue weighted by Gasteiger charge is 2.34. The summed E-state index contributed by atoms with van der Waals surface area (Å²) < 4.78 is 23.1. The summed E-state index contributed by atoms with van der Waals surface area (Å²) in [4.78, 5) is 0. The molecular formula is C12H15Cl2NO2S. The zero-order valence-electron chi connectivity index (χ0n) is 9.99. The summed E-state index contributed by atoms with van der Waals surface area (Å²) in [6.07, 6.45) is 0.663. The summed E-state index contributed by atoms with van der Waals surface area (Å²) in [6.45, 7) is 0. The van der Waals surface area contributed by atoms with Crippen LogP contribution in [0.5, 0.6) is 0 Å². The number of hydrogen-bond donors (Lipinski definition) is 1. The molecule has 0 aromatic heterocycles. The molecule has 1 aromatic rings. The Hall–Kier alpha value is -0.290. The van der Waals surface area contributed by atoms with Crippen LogP contribution in [-0.4, -0.2) is 27.0 Å². The van der Waals surface area contributed by atoms with Crippen LogP contribution in [-0.2, 0) is 9.84 Å². The Balaban J connectivity index is 2.32. The summed E-state index contributed by atoms with van der Waals surface area (Å²) in [5.74, 6) is 0.519. The molecule has 0 amide bonds. The first kappa shape index (κ1) is 14.1. The predicted molar refractivity (Wildman–Crippen MR) is 75.0 cm³/mol. The molecule has 2 atom stereocenters. The van der Waals surface area contributed by atoms with Crippen LogP contribution >= 0.6 is 23.2 Å². The van der Waals surface area contributed by atoms with E-state index in [4.69, 9.17) is 23.2 Å². The van der Waals surface area contributed by atoms with Crippen LogP contribution in [0.3, 0.4) is 0 Å². The molecule has 0 aliphatic carbocycles. The average molecular weight is 308 g/mol. The van der Waals surface area contributed by atoms with Crippen molar-refractivity contribution in [2.24, 2.45) is 5.92 Å². The van der Waals surface area contributed by atoms with Crippen molar-refractivity contribution in [1.82, 2.24) is 5.32 Å². The van der Waals surface area contributed by atoms with E-state index in [1.165, 1.54) is 0 Å². The number of rotatable bonds is 3. The van der Waals surface area contributed by atoms with Gasteiger partial charge in [0.1, 0.15) is 0 Å². The normalized spacial score (nSPS) is 24.1. The number of nitrogens with one attached hydrogen (secondary N) is 1. The van der Waals surface area contributed by atoms with Crippen molar-refractivity contribution in [1.29, 1.82) is 0 Å². The first-order valence-corrected chi connectivity index (χ1v) is 8.34. The Morgan fingerprint density at radius 1 is 1.39 bits per heavy atom. The lowest BCUT2D eigenvalue weighted by atomic mass is 9.92. The van der Waals surface area contributed by atoms with Gasteiger partial charge in [-0.2, -0.15) is 0 Å². The molecule has 1 fully saturated rings. The third kappa shape index (κ3) is 2.82. The highest BCUT2D eigenvalue weighted by atomic mass is 35.5. The van der Waals surface area contributed by atoms with Crippen LogP contribution in [0.15, 0.2) is 18.2 Å². The third-order valence-corrected chi connectivity index (χ3v) is 5.99. The Kier molecular flexibility index (Phi) is 4.22. The van der Waals surface area contributed by atoms with Crippen molar-refractivity contribution in [2.75, 3.05) is 18.6 Å². The average Bonchev–Trinajstić information content (AvgIpc) is 2.66. The zero-order chi connectivity index (χ0) is 13.3. The lowest BCUT2D eigenvalue weighted by Gasteiger charge is -2.23. The maximum atomic E-state index is 11.6. The Morgan fingerprint density at radius 3 is 2.67 bits per heavy atom. The molecule has 1 aliphatic rings. The van der Waals surface area contributed by atoms with Crippen molar-refractivity contribution in [3.63, 3.8) is 0 Å². The first-order chi connectivity index (χ1) is 8.44. The molecule has 0 spiro atoms. The molecule has 18 heavy (non-hydrogen) atoms. The lowest BCUT2D eigenvalue weighted by molar-refractivity contribution is 0.419. The van der Waals surface area contributed by atoms with Crippen molar-refractivity contribution in [2.45, 2.75) is 12.5 Å². The van der Waals surface area contributed by atoms with E-state index in [0.29, 0.717) is 16.5 Å². The largest absolute Gasteiger partial charge is 0.313 e. The minimum atomic E-state index is -2.90. The lowest BCUT2D eigenvalue weighted by Crippen LogP contribution is -2.26. The van der Waals surface area contributed by atoms with Crippen LogP contribution in [0.1, 0.15) is 18.0 Å². The molecule has 1 N–H and O–H groups in total. The van der Waals surface area contributed by atoms with Crippen LogP contribution in [0.25, 0.3) is 0 Å². The molecule has 0 radical (unpaired) electrons. The van der Waals surface area contributed by atoms with Gasteiger partial charge in [0.2, 0.25) is 0 Å². The van der Waals surface area contributed by atoms with Gasteiger partial charge in [-0.25, -0.2) is 8.42 Å². The molecule has 1 saturated heterocycles. The van der Waals surface area contributed by atoms with Crippen molar-refractivity contribution >= 4 is 33.0 Å². The number of benzene rings is 1. The van der Waals surface area contributed by atoms with Gasteiger partial charge in [-0.15, -0.1) is 0 Å². The fourth-order valence-electron chi connectivity index (χ4n) is 2.49. The standard InChI is InChI=1S/C12H15Cl2NO2S/c1-15-12(8-5-6-18(16,17)7-8)9-3-2-4-10(13)11(9)14/h2-4,8,12,15H,5-7H2,1H3. The van der Waals surface area contributed by atoms with Gasteiger partial charge in [0.05, 0.1) is 21.6 Å². The van der Waals surface area contributed by atoms with Gasteiger partial charge in [-0.05, 0) is 31.0 Å². The molecule has 1 aromatic carbocycles. The summed E-state index contributed by atoms with van der Waals surface area (Å²) >= 11 is 12.2. The van der Waals surface area contributed by atoms with Gasteiger partial charge >= 0.3 is 0 Å². The van der Waals surface area contributed by atoms with Gasteiger partial charge in [-0.1, -0.05) is 35.3 Å². The molecule has 6 heteroatoms. The van der Waals surface area contributed by atoms with Crippen molar-refractivity contribution < 1.29 is 8.42 Å². The van der Waals surface area contributed by atoms with E-state index in [2.05, 4.69) is 5.32 Å². The van der Waals surface area contributed by atoms with Gasteiger partial charge in [0, 0.05) is 6.04 Å². The highest BCUT2D eigenvalue weighted by molar-refractivity contribution is 7.91. The molecule has 3 nitrogen and oxygen atoms in total. The van der Waals surface area contributed by atoms with E-state index in [9.17, 15) is 8.42 Å². The van der Waals surface area contributed by atoms with E-state index in [1.54, 1.807) is 6.07 Å². The summed E-state index contributed by atoms with van der Waals surface area (Å²) in [7, 11) is -1.09. The third-order valence-electron chi connectivity index (χ3n) is 3.37. The topological polar surface area (TPSA) is 46.2 Å². The first-order valence-electron chi connectivity index (χ1n) is 5.76. The molecule has 2 rings (SSSR count). The van der Waals surface area contributed by atoms with Crippen LogP contribution in [0, 0.1) is 5.92 Å². The molecule has 100 valence electrons. The second-order valence-electron chi connectivity index (χ2n) is 4.57. The van der Waals surface area contributed by atoms with Gasteiger partial charge in [-0.3, -0.25) is 0 Å². The maximum Gasteiger partial charge on any atom is 0.150 e. The van der Waals surface area contributed by atoms with E-state index >= 15 is 0 Å². The summed E-state index contributed by atoms with van der Waals surface area (Å²) in [6, 6.07) is 5.37. The van der Waals surface area contributed by atoms with Gasteiger partial charge < -0.3 is 5.32 Å². The Labute approximate surface area is 117 Å². The monoisotopic (exact) mass is 307 g/mol. The van der Waals surface area contributed by atoms with Gasteiger partial charge in [0.25, 0.3) is 0 Å². The maximum absolute atomic E-state index is 11.6. The van der Waals surface area contributed by atoms with E-state index in [1.807, 2.05) is 19.2 Å². The fraction of sp³-hybridized carbons (Fsp3) is 0.500. The van der Waals surface area contributed by atoms with Crippen LogP contribution in [0.2, 0.25) is 10.0 Å². The summed E-state index contributed by atoms with van der Waals surface area (Å²) in [5, 5.41) is 4.16.